The third-order valence-corrected chi connectivity index (χ3v) is 5.49. The number of aromatic nitrogens is 2. The summed E-state index contributed by atoms with van der Waals surface area (Å²) in [6.07, 6.45) is 1.75. The summed E-state index contributed by atoms with van der Waals surface area (Å²) in [5.74, 6) is 0.165. The minimum atomic E-state index is -1.76. The smallest absolute Gasteiger partial charge is 0.261 e. The van der Waals surface area contributed by atoms with Gasteiger partial charge in [0.2, 0.25) is 3.79 Å². The number of nitrogens with zero attached hydrogens (tertiary/aromatic N) is 3. The molecule has 4 nitrogen and oxygen atoms in total. The van der Waals surface area contributed by atoms with E-state index in [0.717, 1.165) is 32.5 Å². The van der Waals surface area contributed by atoms with Gasteiger partial charge in [-0.1, -0.05) is 84.2 Å². The van der Waals surface area contributed by atoms with Gasteiger partial charge in [0.15, 0.2) is 5.82 Å². The lowest BCUT2D eigenvalue weighted by atomic mass is 10.1. The second-order valence-electron chi connectivity index (χ2n) is 6.93. The van der Waals surface area contributed by atoms with Gasteiger partial charge in [0.1, 0.15) is 0 Å². The highest BCUT2D eigenvalue weighted by Crippen LogP contribution is 2.37. The molecule has 3 rings (SSSR count). The maximum absolute atomic E-state index is 13.0. The average molecular weight is 453 g/mol. The number of fused-ring (bicyclic) bond motifs is 1. The Hall–Kier alpha value is -1.59. The molecular weight excluding hydrogens is 429 g/mol. The summed E-state index contributed by atoms with van der Waals surface area (Å²) in [4.78, 5) is 19.8. The van der Waals surface area contributed by atoms with Crippen LogP contribution in [0.1, 0.15) is 24.7 Å². The molecule has 2 aromatic carbocycles. The zero-order valence-corrected chi connectivity index (χ0v) is 18.6. The van der Waals surface area contributed by atoms with Gasteiger partial charge in [-0.15, -0.1) is 0 Å². The van der Waals surface area contributed by atoms with Crippen LogP contribution in [0.3, 0.4) is 0 Å². The molecule has 1 heterocycles. The Bertz CT molecular complexity index is 1000. The molecule has 0 N–H and O–H groups in total. The van der Waals surface area contributed by atoms with Crippen LogP contribution in [0.15, 0.2) is 59.4 Å². The number of likely N-dealkylation sites (N-methyl/N-ethyl adjacent to an activating group) is 1. The first kappa shape index (κ1) is 22.1. The monoisotopic (exact) mass is 451 g/mol. The van der Waals surface area contributed by atoms with Gasteiger partial charge >= 0.3 is 0 Å². The van der Waals surface area contributed by atoms with Gasteiger partial charge in [-0.05, 0) is 43.6 Å². The van der Waals surface area contributed by atoms with Crippen LogP contribution in [0.25, 0.3) is 10.9 Å². The van der Waals surface area contributed by atoms with Crippen molar-refractivity contribution >= 4 is 45.7 Å². The maximum Gasteiger partial charge on any atom is 0.261 e. The van der Waals surface area contributed by atoms with Gasteiger partial charge in [-0.3, -0.25) is 9.36 Å². The molecule has 0 radical (unpaired) electrons. The fourth-order valence-corrected chi connectivity index (χ4v) is 3.84. The van der Waals surface area contributed by atoms with Crippen molar-refractivity contribution in [2.24, 2.45) is 0 Å². The Morgan fingerprint density at radius 1 is 1.00 bits per heavy atom. The van der Waals surface area contributed by atoms with Gasteiger partial charge in [0.05, 0.1) is 10.9 Å². The summed E-state index contributed by atoms with van der Waals surface area (Å²) in [5.41, 5.74) is 1.68. The van der Waals surface area contributed by atoms with E-state index in [-0.39, 0.29) is 11.4 Å². The van der Waals surface area contributed by atoms with Crippen molar-refractivity contribution in [1.29, 1.82) is 0 Å². The summed E-state index contributed by atoms with van der Waals surface area (Å²) in [7, 11) is 0. The van der Waals surface area contributed by atoms with Crippen molar-refractivity contribution in [2.45, 2.75) is 30.1 Å². The van der Waals surface area contributed by atoms with Crippen molar-refractivity contribution in [3.05, 3.63) is 76.3 Å². The third kappa shape index (κ3) is 5.73. The van der Waals surface area contributed by atoms with E-state index in [2.05, 4.69) is 41.1 Å². The number of para-hydroxylation sites is 1. The van der Waals surface area contributed by atoms with Gasteiger partial charge in [-0.2, -0.15) is 0 Å². The molecule has 3 aromatic rings. The van der Waals surface area contributed by atoms with Crippen molar-refractivity contribution in [3.8, 4) is 0 Å². The second-order valence-corrected chi connectivity index (χ2v) is 9.21. The normalized spacial score (nSPS) is 12.0. The lowest BCUT2D eigenvalue weighted by molar-refractivity contribution is 0.281. The SMILES string of the molecule is CCN(CCCn1c(C(Cl)(Cl)Cl)nc2ccccc2c1=O)CCc1ccccc1. The molecule has 0 saturated carbocycles. The number of hydrogen-bond acceptors (Lipinski definition) is 3. The maximum atomic E-state index is 13.0. The number of halogens is 3. The van der Waals surface area contributed by atoms with E-state index in [1.165, 1.54) is 10.1 Å². The molecule has 7 heteroatoms. The molecule has 1 aromatic heterocycles. The van der Waals surface area contributed by atoms with Crippen molar-refractivity contribution in [1.82, 2.24) is 14.5 Å². The number of hydrogen-bond donors (Lipinski definition) is 0. The summed E-state index contributed by atoms with van der Waals surface area (Å²) >= 11 is 18.4. The summed E-state index contributed by atoms with van der Waals surface area (Å²) in [6, 6.07) is 17.6. The highest BCUT2D eigenvalue weighted by atomic mass is 35.6. The fourth-order valence-electron chi connectivity index (χ4n) is 3.40. The van der Waals surface area contributed by atoms with Gasteiger partial charge in [0, 0.05) is 13.1 Å². The van der Waals surface area contributed by atoms with E-state index < -0.39 is 3.79 Å². The Labute approximate surface area is 186 Å². The van der Waals surface area contributed by atoms with Crippen LogP contribution < -0.4 is 5.56 Å². The number of rotatable bonds is 8. The first-order valence-electron chi connectivity index (χ1n) is 9.73. The molecule has 0 amide bonds. The number of alkyl halides is 3. The third-order valence-electron chi connectivity index (χ3n) is 4.98. The Morgan fingerprint density at radius 2 is 1.69 bits per heavy atom. The van der Waals surface area contributed by atoms with E-state index in [4.69, 9.17) is 34.8 Å². The molecule has 0 aliphatic carbocycles. The van der Waals surface area contributed by atoms with Crippen LogP contribution in [0, 0.1) is 0 Å². The van der Waals surface area contributed by atoms with Crippen molar-refractivity contribution < 1.29 is 0 Å². The van der Waals surface area contributed by atoms with Crippen LogP contribution in [-0.2, 0) is 16.8 Å². The average Bonchev–Trinajstić information content (AvgIpc) is 2.72. The standard InChI is InChI=1S/C22H24Cl3N3O/c1-2-27(16-13-17-9-4-3-5-10-17)14-8-15-28-20(29)18-11-6-7-12-19(18)26-21(28)22(23,24)25/h3-7,9-12H,2,8,13-16H2,1H3. The number of benzene rings is 2. The van der Waals surface area contributed by atoms with E-state index >= 15 is 0 Å². The molecule has 0 aliphatic rings. The summed E-state index contributed by atoms with van der Waals surface area (Å²) in [6.45, 7) is 5.34. The van der Waals surface area contributed by atoms with E-state index in [1.54, 1.807) is 12.1 Å². The van der Waals surface area contributed by atoms with Gasteiger partial charge in [0.25, 0.3) is 5.56 Å². The fraction of sp³-hybridized carbons (Fsp3) is 0.364. The lowest BCUT2D eigenvalue weighted by Crippen LogP contribution is -2.32. The molecule has 0 aliphatic heterocycles. The van der Waals surface area contributed by atoms with Crippen molar-refractivity contribution in [3.63, 3.8) is 0 Å². The molecule has 0 fully saturated rings. The molecule has 0 atom stereocenters. The van der Waals surface area contributed by atoms with E-state index in [9.17, 15) is 4.79 Å². The highest BCUT2D eigenvalue weighted by Gasteiger charge is 2.30. The van der Waals surface area contributed by atoms with Crippen molar-refractivity contribution in [2.75, 3.05) is 19.6 Å². The highest BCUT2D eigenvalue weighted by molar-refractivity contribution is 6.66. The van der Waals surface area contributed by atoms with Crippen LogP contribution >= 0.6 is 34.8 Å². The van der Waals surface area contributed by atoms with Gasteiger partial charge < -0.3 is 4.90 Å². The zero-order valence-electron chi connectivity index (χ0n) is 16.3. The predicted molar refractivity (Wildman–Crippen MR) is 122 cm³/mol. The molecule has 0 bridgehead atoms. The molecule has 0 unspecified atom stereocenters. The molecule has 0 saturated heterocycles. The van der Waals surface area contributed by atoms with Crippen LogP contribution in [-0.4, -0.2) is 34.1 Å². The molecule has 29 heavy (non-hydrogen) atoms. The minimum absolute atomic E-state index is 0.165. The molecular formula is C22H24Cl3N3O. The van der Waals surface area contributed by atoms with E-state index in [0.29, 0.717) is 17.4 Å². The molecule has 154 valence electrons. The predicted octanol–water partition coefficient (Wildman–Crippen LogP) is 5.18. The Morgan fingerprint density at radius 3 is 2.38 bits per heavy atom. The summed E-state index contributed by atoms with van der Waals surface area (Å²) < 4.78 is -0.263. The van der Waals surface area contributed by atoms with Crippen LogP contribution in [0.4, 0.5) is 0 Å². The zero-order chi connectivity index (χ0) is 20.9. The van der Waals surface area contributed by atoms with E-state index in [1.807, 2.05) is 18.2 Å². The Balaban J connectivity index is 1.72. The Kier molecular flexibility index (Phi) is 7.58. The van der Waals surface area contributed by atoms with Crippen LogP contribution in [0.2, 0.25) is 0 Å². The lowest BCUT2D eigenvalue weighted by Gasteiger charge is -2.22. The minimum Gasteiger partial charge on any atom is -0.303 e. The first-order chi connectivity index (χ1) is 13.9. The summed E-state index contributed by atoms with van der Waals surface area (Å²) in [5, 5.41) is 0.530. The molecule has 0 spiro atoms. The largest absolute Gasteiger partial charge is 0.303 e. The topological polar surface area (TPSA) is 38.1 Å². The second kappa shape index (κ2) is 9.94. The quantitative estimate of drug-likeness (QED) is 0.442. The van der Waals surface area contributed by atoms with Gasteiger partial charge in [-0.25, -0.2) is 4.98 Å². The van der Waals surface area contributed by atoms with Crippen LogP contribution in [0.5, 0.6) is 0 Å². The first-order valence-corrected chi connectivity index (χ1v) is 10.9.